The van der Waals surface area contributed by atoms with Gasteiger partial charge in [0.25, 0.3) is 0 Å². The van der Waals surface area contributed by atoms with Crippen molar-refractivity contribution >= 4 is 17.4 Å². The average molecular weight is 180 g/mol. The molecule has 0 saturated carbocycles. The third-order valence-corrected chi connectivity index (χ3v) is 2.18. The summed E-state index contributed by atoms with van der Waals surface area (Å²) in [7, 11) is 0. The maximum Gasteiger partial charge on any atom is 0.190 e. The molecule has 2 aromatic heterocycles. The molecule has 0 bridgehead atoms. The molecule has 0 spiro atoms. The van der Waals surface area contributed by atoms with E-state index in [-0.39, 0.29) is 0 Å². The lowest BCUT2D eigenvalue weighted by Crippen LogP contribution is -1.97. The minimum Gasteiger partial charge on any atom is -0.228 e. The van der Waals surface area contributed by atoms with Gasteiger partial charge in [0, 0.05) is 11.8 Å². The molecule has 0 unspecified atom stereocenters. The molecule has 0 fully saturated rings. The van der Waals surface area contributed by atoms with Crippen LogP contribution in [-0.4, -0.2) is 25.8 Å². The predicted molar refractivity (Wildman–Crippen MR) is 47.3 cm³/mol. The number of fused-ring (bicyclic) bond motifs is 1. The molecule has 4 nitrogen and oxygen atoms in total. The molecule has 5 heteroatoms. The first kappa shape index (κ1) is 7.54. The van der Waals surface area contributed by atoms with Gasteiger partial charge < -0.3 is 0 Å². The third-order valence-electron chi connectivity index (χ3n) is 1.55. The van der Waals surface area contributed by atoms with Crippen LogP contribution in [0.2, 0.25) is 0 Å². The van der Waals surface area contributed by atoms with Crippen LogP contribution in [0.1, 0.15) is 5.69 Å². The summed E-state index contributed by atoms with van der Waals surface area (Å²) >= 11 is 1.57. The van der Waals surface area contributed by atoms with Gasteiger partial charge in [-0.2, -0.15) is 9.61 Å². The number of hydrogen-bond donors (Lipinski definition) is 0. The highest BCUT2D eigenvalue weighted by atomic mass is 32.2. The summed E-state index contributed by atoms with van der Waals surface area (Å²) in [5.74, 6) is 0. The normalized spacial score (nSPS) is 10.8. The first-order chi connectivity index (χ1) is 5.81. The van der Waals surface area contributed by atoms with E-state index in [9.17, 15) is 0 Å². The van der Waals surface area contributed by atoms with Crippen LogP contribution in [0.3, 0.4) is 0 Å². The Balaban J connectivity index is 2.80. The Bertz CT molecular complexity index is 409. The van der Waals surface area contributed by atoms with Gasteiger partial charge in [-0.25, -0.2) is 9.97 Å². The second kappa shape index (κ2) is 2.75. The standard InChI is InChI=1S/C7H8N4S/c1-5-3-6-8-4-9-11(6)7(10-5)12-2/h3-4H,1-2H3. The fourth-order valence-corrected chi connectivity index (χ4v) is 1.59. The quantitative estimate of drug-likeness (QED) is 0.488. The van der Waals surface area contributed by atoms with Crippen LogP contribution in [0.25, 0.3) is 5.65 Å². The molecule has 0 saturated heterocycles. The van der Waals surface area contributed by atoms with Crippen LogP contribution in [0.15, 0.2) is 17.6 Å². The van der Waals surface area contributed by atoms with Gasteiger partial charge in [0.1, 0.15) is 6.33 Å². The Hall–Kier alpha value is -1.10. The lowest BCUT2D eigenvalue weighted by Gasteiger charge is -1.99. The van der Waals surface area contributed by atoms with E-state index in [4.69, 9.17) is 0 Å². The zero-order valence-corrected chi connectivity index (χ0v) is 7.67. The molecule has 0 amide bonds. The Morgan fingerprint density at radius 1 is 1.50 bits per heavy atom. The first-order valence-corrected chi connectivity index (χ1v) is 4.75. The number of nitrogens with zero attached hydrogens (tertiary/aromatic N) is 4. The summed E-state index contributed by atoms with van der Waals surface area (Å²) in [6, 6.07) is 1.91. The van der Waals surface area contributed by atoms with Crippen LogP contribution in [0.5, 0.6) is 0 Å². The summed E-state index contributed by atoms with van der Waals surface area (Å²) in [6.45, 7) is 1.95. The zero-order chi connectivity index (χ0) is 8.55. The molecule has 62 valence electrons. The number of aromatic nitrogens is 4. The van der Waals surface area contributed by atoms with Crippen molar-refractivity contribution in [2.45, 2.75) is 12.1 Å². The van der Waals surface area contributed by atoms with Crippen molar-refractivity contribution < 1.29 is 0 Å². The van der Waals surface area contributed by atoms with Gasteiger partial charge >= 0.3 is 0 Å². The maximum absolute atomic E-state index is 4.32. The molecule has 0 aliphatic heterocycles. The highest BCUT2D eigenvalue weighted by Gasteiger charge is 2.02. The van der Waals surface area contributed by atoms with E-state index in [2.05, 4.69) is 15.1 Å². The van der Waals surface area contributed by atoms with Gasteiger partial charge in [-0.3, -0.25) is 0 Å². The monoisotopic (exact) mass is 180 g/mol. The Kier molecular flexibility index (Phi) is 1.73. The van der Waals surface area contributed by atoms with E-state index in [1.54, 1.807) is 16.3 Å². The predicted octanol–water partition coefficient (Wildman–Crippen LogP) is 1.15. The summed E-state index contributed by atoms with van der Waals surface area (Å²) in [5, 5.41) is 4.93. The second-order valence-corrected chi connectivity index (χ2v) is 3.19. The molecular weight excluding hydrogens is 172 g/mol. The van der Waals surface area contributed by atoms with Gasteiger partial charge in [-0.1, -0.05) is 11.8 Å². The van der Waals surface area contributed by atoms with Crippen molar-refractivity contribution in [2.24, 2.45) is 0 Å². The molecule has 0 radical (unpaired) electrons. The van der Waals surface area contributed by atoms with Crippen molar-refractivity contribution in [3.05, 3.63) is 18.1 Å². The minimum absolute atomic E-state index is 0.854. The Morgan fingerprint density at radius 2 is 2.33 bits per heavy atom. The van der Waals surface area contributed by atoms with Crippen LogP contribution >= 0.6 is 11.8 Å². The topological polar surface area (TPSA) is 43.1 Å². The van der Waals surface area contributed by atoms with Crippen molar-refractivity contribution in [1.29, 1.82) is 0 Å². The zero-order valence-electron chi connectivity index (χ0n) is 6.85. The van der Waals surface area contributed by atoms with Crippen molar-refractivity contribution in [1.82, 2.24) is 19.6 Å². The molecule has 0 aliphatic rings. The third kappa shape index (κ3) is 1.06. The van der Waals surface area contributed by atoms with Crippen molar-refractivity contribution in [3.63, 3.8) is 0 Å². The maximum atomic E-state index is 4.32. The molecular formula is C7H8N4S. The van der Waals surface area contributed by atoms with E-state index in [1.807, 2.05) is 19.2 Å². The Morgan fingerprint density at radius 3 is 3.08 bits per heavy atom. The number of hydrogen-bond acceptors (Lipinski definition) is 4. The molecule has 2 heterocycles. The van der Waals surface area contributed by atoms with E-state index in [0.717, 1.165) is 16.5 Å². The molecule has 0 atom stereocenters. The molecule has 0 aromatic carbocycles. The lowest BCUT2D eigenvalue weighted by atomic mass is 10.4. The highest BCUT2D eigenvalue weighted by molar-refractivity contribution is 7.98. The number of rotatable bonds is 1. The summed E-state index contributed by atoms with van der Waals surface area (Å²) in [4.78, 5) is 8.40. The van der Waals surface area contributed by atoms with E-state index >= 15 is 0 Å². The molecule has 0 N–H and O–H groups in total. The van der Waals surface area contributed by atoms with Crippen LogP contribution in [0.4, 0.5) is 0 Å². The first-order valence-electron chi connectivity index (χ1n) is 3.52. The fourth-order valence-electron chi connectivity index (χ4n) is 1.05. The van der Waals surface area contributed by atoms with Crippen LogP contribution < -0.4 is 0 Å². The van der Waals surface area contributed by atoms with E-state index < -0.39 is 0 Å². The lowest BCUT2D eigenvalue weighted by molar-refractivity contribution is 0.784. The fraction of sp³-hybridized carbons (Fsp3) is 0.286. The van der Waals surface area contributed by atoms with Crippen LogP contribution in [0, 0.1) is 6.92 Å². The van der Waals surface area contributed by atoms with Crippen LogP contribution in [-0.2, 0) is 0 Å². The van der Waals surface area contributed by atoms with Gasteiger partial charge in [-0.05, 0) is 13.2 Å². The molecule has 12 heavy (non-hydrogen) atoms. The average Bonchev–Trinajstić information content (AvgIpc) is 2.50. The van der Waals surface area contributed by atoms with E-state index in [0.29, 0.717) is 0 Å². The van der Waals surface area contributed by atoms with Gasteiger partial charge in [-0.15, -0.1) is 0 Å². The molecule has 2 aromatic rings. The highest BCUT2D eigenvalue weighted by Crippen LogP contribution is 2.12. The SMILES string of the molecule is CSc1nc(C)cc2ncnn12. The largest absolute Gasteiger partial charge is 0.228 e. The summed E-state index contributed by atoms with van der Waals surface area (Å²) < 4.78 is 1.73. The van der Waals surface area contributed by atoms with Gasteiger partial charge in [0.2, 0.25) is 0 Å². The summed E-state index contributed by atoms with van der Waals surface area (Å²) in [5.41, 5.74) is 1.83. The number of aryl methyl sites for hydroxylation is 1. The van der Waals surface area contributed by atoms with Crippen molar-refractivity contribution in [2.75, 3.05) is 6.26 Å². The molecule has 2 rings (SSSR count). The minimum atomic E-state index is 0.854. The second-order valence-electron chi connectivity index (χ2n) is 2.41. The smallest absolute Gasteiger partial charge is 0.190 e. The summed E-state index contributed by atoms with van der Waals surface area (Å²) in [6.07, 6.45) is 3.51. The van der Waals surface area contributed by atoms with Crippen molar-refractivity contribution in [3.8, 4) is 0 Å². The van der Waals surface area contributed by atoms with Gasteiger partial charge in [0.05, 0.1) is 0 Å². The van der Waals surface area contributed by atoms with E-state index in [1.165, 1.54) is 6.33 Å². The van der Waals surface area contributed by atoms with Gasteiger partial charge in [0.15, 0.2) is 10.8 Å². The number of thioether (sulfide) groups is 1. The molecule has 0 aliphatic carbocycles. The Labute approximate surface area is 74.0 Å².